The number of nitrogens with one attached hydrogen (secondary N) is 1. The molecule has 1 N–H and O–H groups in total. The van der Waals surface area contributed by atoms with Gasteiger partial charge in [-0.2, -0.15) is 0 Å². The Morgan fingerprint density at radius 2 is 2.04 bits per heavy atom. The number of nitrogens with zero attached hydrogens (tertiary/aromatic N) is 1. The van der Waals surface area contributed by atoms with E-state index in [-0.39, 0.29) is 12.1 Å². The molecule has 2 heterocycles. The van der Waals surface area contributed by atoms with Crippen LogP contribution in [0.3, 0.4) is 0 Å². The lowest BCUT2D eigenvalue weighted by molar-refractivity contribution is 0.0104. The number of furan rings is 1. The van der Waals surface area contributed by atoms with Crippen molar-refractivity contribution < 1.29 is 13.9 Å². The molecule has 1 amide bonds. The van der Waals surface area contributed by atoms with Gasteiger partial charge in [0.15, 0.2) is 0 Å². The van der Waals surface area contributed by atoms with E-state index < -0.39 is 5.60 Å². The molecule has 152 valence electrons. The molecule has 0 radical (unpaired) electrons. The molecule has 5 heteroatoms. The van der Waals surface area contributed by atoms with Gasteiger partial charge in [0.05, 0.1) is 6.54 Å². The van der Waals surface area contributed by atoms with Crippen LogP contribution in [-0.2, 0) is 11.3 Å². The second-order valence-corrected chi connectivity index (χ2v) is 9.27. The SMILES string of the molecule is CC(C)(C)OC(=O)N1[C@H](CNCc2cc3ccccc3o2)C[C@@H]2CCCC[C@@H]21. The monoisotopic (exact) mass is 384 g/mol. The van der Waals surface area contributed by atoms with Crippen molar-refractivity contribution in [1.82, 2.24) is 10.2 Å². The average molecular weight is 385 g/mol. The maximum absolute atomic E-state index is 12.9. The fourth-order valence-electron chi connectivity index (χ4n) is 4.83. The van der Waals surface area contributed by atoms with Crippen molar-refractivity contribution in [1.29, 1.82) is 0 Å². The molecule has 5 nitrogen and oxygen atoms in total. The van der Waals surface area contributed by atoms with Crippen LogP contribution in [0.15, 0.2) is 34.7 Å². The summed E-state index contributed by atoms with van der Waals surface area (Å²) < 4.78 is 11.6. The van der Waals surface area contributed by atoms with Crippen LogP contribution in [0.2, 0.25) is 0 Å². The summed E-state index contributed by atoms with van der Waals surface area (Å²) >= 11 is 0. The van der Waals surface area contributed by atoms with Crippen molar-refractivity contribution in [2.75, 3.05) is 6.54 Å². The number of fused-ring (bicyclic) bond motifs is 2. The predicted molar refractivity (Wildman–Crippen MR) is 110 cm³/mol. The van der Waals surface area contributed by atoms with Gasteiger partial charge in [0.1, 0.15) is 16.9 Å². The quantitative estimate of drug-likeness (QED) is 0.798. The highest BCUT2D eigenvalue weighted by Crippen LogP contribution is 2.40. The molecule has 1 aromatic heterocycles. The number of hydrogen-bond donors (Lipinski definition) is 1. The molecule has 0 spiro atoms. The van der Waals surface area contributed by atoms with E-state index in [0.717, 1.165) is 36.1 Å². The summed E-state index contributed by atoms with van der Waals surface area (Å²) in [5, 5.41) is 4.65. The van der Waals surface area contributed by atoms with Crippen molar-refractivity contribution >= 4 is 17.1 Å². The molecule has 4 rings (SSSR count). The standard InChI is InChI=1S/C23H32N2O3/c1-23(2,3)28-22(26)25-18(12-16-8-4-6-10-20(16)25)14-24-15-19-13-17-9-5-7-11-21(17)27-19/h5,7,9,11,13,16,18,20,24H,4,6,8,10,12,14-15H2,1-3H3/t16-,18-,20-/m0/s1. The zero-order valence-corrected chi connectivity index (χ0v) is 17.2. The zero-order chi connectivity index (χ0) is 19.7. The van der Waals surface area contributed by atoms with E-state index >= 15 is 0 Å². The second kappa shape index (κ2) is 7.78. The lowest BCUT2D eigenvalue weighted by Gasteiger charge is -2.35. The Kier molecular flexibility index (Phi) is 5.37. The highest BCUT2D eigenvalue weighted by atomic mass is 16.6. The van der Waals surface area contributed by atoms with E-state index in [4.69, 9.17) is 9.15 Å². The molecule has 28 heavy (non-hydrogen) atoms. The van der Waals surface area contributed by atoms with Gasteiger partial charge in [0.2, 0.25) is 0 Å². The summed E-state index contributed by atoms with van der Waals surface area (Å²) in [6.45, 7) is 7.25. The lowest BCUT2D eigenvalue weighted by atomic mass is 9.85. The predicted octanol–water partition coefficient (Wildman–Crippen LogP) is 5.09. The van der Waals surface area contributed by atoms with Crippen LogP contribution in [0.4, 0.5) is 4.79 Å². The molecule has 0 unspecified atom stereocenters. The normalized spacial score (nSPS) is 25.1. The van der Waals surface area contributed by atoms with E-state index in [9.17, 15) is 4.79 Å². The number of rotatable bonds is 4. The second-order valence-electron chi connectivity index (χ2n) is 9.27. The largest absolute Gasteiger partial charge is 0.460 e. The number of likely N-dealkylation sites (tertiary alicyclic amines) is 1. The summed E-state index contributed by atoms with van der Waals surface area (Å²) in [6, 6.07) is 10.7. The molecular formula is C23H32N2O3. The minimum absolute atomic E-state index is 0.155. The number of ether oxygens (including phenoxy) is 1. The molecule has 2 fully saturated rings. The first kappa shape index (κ1) is 19.3. The Bertz CT molecular complexity index is 790. The van der Waals surface area contributed by atoms with Gasteiger partial charge in [-0.25, -0.2) is 4.79 Å². The molecule has 1 aliphatic carbocycles. The number of carbonyl (C=O) groups is 1. The summed E-state index contributed by atoms with van der Waals surface area (Å²) in [5.41, 5.74) is 0.456. The highest BCUT2D eigenvalue weighted by Gasteiger charge is 2.45. The van der Waals surface area contributed by atoms with Gasteiger partial charge in [-0.3, -0.25) is 0 Å². The number of carbonyl (C=O) groups excluding carboxylic acids is 1. The summed E-state index contributed by atoms with van der Waals surface area (Å²) in [7, 11) is 0. The van der Waals surface area contributed by atoms with Gasteiger partial charge in [0, 0.05) is 24.0 Å². The minimum Gasteiger partial charge on any atom is -0.460 e. The highest BCUT2D eigenvalue weighted by molar-refractivity contribution is 5.77. The van der Waals surface area contributed by atoms with Crippen molar-refractivity contribution in [3.05, 3.63) is 36.1 Å². The maximum atomic E-state index is 12.9. The first-order chi connectivity index (χ1) is 13.4. The molecular weight excluding hydrogens is 352 g/mol. The summed E-state index contributed by atoms with van der Waals surface area (Å²) in [4.78, 5) is 15.0. The van der Waals surface area contributed by atoms with Crippen LogP contribution in [0.1, 0.15) is 58.6 Å². The van der Waals surface area contributed by atoms with Gasteiger partial charge in [-0.15, -0.1) is 0 Å². The third kappa shape index (κ3) is 4.19. The zero-order valence-electron chi connectivity index (χ0n) is 17.2. The van der Waals surface area contributed by atoms with E-state index in [1.807, 2.05) is 43.9 Å². The van der Waals surface area contributed by atoms with Crippen LogP contribution in [0.5, 0.6) is 0 Å². The average Bonchev–Trinajstić information content (AvgIpc) is 3.20. The van der Waals surface area contributed by atoms with Gasteiger partial charge < -0.3 is 19.4 Å². The van der Waals surface area contributed by atoms with Crippen LogP contribution >= 0.6 is 0 Å². The molecule has 1 saturated heterocycles. The van der Waals surface area contributed by atoms with Crippen molar-refractivity contribution in [2.24, 2.45) is 5.92 Å². The number of hydrogen-bond acceptors (Lipinski definition) is 4. The molecule has 1 aliphatic heterocycles. The van der Waals surface area contributed by atoms with E-state index in [2.05, 4.69) is 17.4 Å². The Labute approximate surface area is 167 Å². The Morgan fingerprint density at radius 3 is 2.82 bits per heavy atom. The molecule has 2 aromatic rings. The van der Waals surface area contributed by atoms with Crippen molar-refractivity contribution in [3.63, 3.8) is 0 Å². The van der Waals surface area contributed by atoms with Crippen molar-refractivity contribution in [3.8, 4) is 0 Å². The van der Waals surface area contributed by atoms with Gasteiger partial charge >= 0.3 is 6.09 Å². The first-order valence-corrected chi connectivity index (χ1v) is 10.6. The molecule has 2 aliphatic rings. The molecule has 1 aromatic carbocycles. The van der Waals surface area contributed by atoms with Gasteiger partial charge in [-0.05, 0) is 58.1 Å². The minimum atomic E-state index is -0.462. The fraction of sp³-hybridized carbons (Fsp3) is 0.609. The first-order valence-electron chi connectivity index (χ1n) is 10.6. The Balaban J connectivity index is 1.41. The number of benzene rings is 1. The van der Waals surface area contributed by atoms with E-state index in [0.29, 0.717) is 18.5 Å². The smallest absolute Gasteiger partial charge is 0.410 e. The fourth-order valence-corrected chi connectivity index (χ4v) is 4.83. The third-order valence-corrected chi connectivity index (χ3v) is 5.95. The van der Waals surface area contributed by atoms with Crippen LogP contribution < -0.4 is 5.32 Å². The summed E-state index contributed by atoms with van der Waals surface area (Å²) in [5.74, 6) is 1.54. The Morgan fingerprint density at radius 1 is 1.25 bits per heavy atom. The van der Waals surface area contributed by atoms with E-state index in [1.165, 1.54) is 19.3 Å². The lowest BCUT2D eigenvalue weighted by Crippen LogP contribution is -2.48. The molecule has 1 saturated carbocycles. The molecule has 0 bridgehead atoms. The van der Waals surface area contributed by atoms with Gasteiger partial charge in [0.25, 0.3) is 0 Å². The number of para-hydroxylation sites is 1. The summed E-state index contributed by atoms with van der Waals surface area (Å²) in [6.07, 6.45) is 5.73. The van der Waals surface area contributed by atoms with Crippen LogP contribution in [0.25, 0.3) is 11.0 Å². The Hall–Kier alpha value is -2.01. The van der Waals surface area contributed by atoms with E-state index in [1.54, 1.807) is 0 Å². The van der Waals surface area contributed by atoms with Crippen LogP contribution in [0, 0.1) is 5.92 Å². The van der Waals surface area contributed by atoms with Crippen LogP contribution in [-0.4, -0.2) is 35.2 Å². The molecule has 3 atom stereocenters. The van der Waals surface area contributed by atoms with Crippen molar-refractivity contribution in [2.45, 2.75) is 77.1 Å². The number of amides is 1. The van der Waals surface area contributed by atoms with Gasteiger partial charge in [-0.1, -0.05) is 31.0 Å². The topological polar surface area (TPSA) is 54.7 Å². The third-order valence-electron chi connectivity index (χ3n) is 5.95. The maximum Gasteiger partial charge on any atom is 0.410 e.